The van der Waals surface area contributed by atoms with Gasteiger partial charge in [0.1, 0.15) is 5.82 Å². The maximum absolute atomic E-state index is 13.3. The van der Waals surface area contributed by atoms with Crippen molar-refractivity contribution < 1.29 is 9.50 Å². The summed E-state index contributed by atoms with van der Waals surface area (Å²) in [4.78, 5) is 0. The topological polar surface area (TPSA) is 20.2 Å². The summed E-state index contributed by atoms with van der Waals surface area (Å²) >= 11 is 5.90. The van der Waals surface area contributed by atoms with Gasteiger partial charge in [-0.2, -0.15) is 0 Å². The minimum Gasteiger partial charge on any atom is -0.392 e. The van der Waals surface area contributed by atoms with Crippen molar-refractivity contribution in [1.29, 1.82) is 0 Å². The normalized spacial score (nSPS) is 14.1. The Hall–Kier alpha value is -1.38. The SMILES string of the molecule is CC(c1ccccc1)C(O)Cc1cccc(F)c1Cl. The molecule has 3 heteroatoms. The Bertz CT molecular complexity index is 542. The van der Waals surface area contributed by atoms with Crippen LogP contribution in [0.3, 0.4) is 0 Å². The average molecular weight is 279 g/mol. The van der Waals surface area contributed by atoms with E-state index in [2.05, 4.69) is 0 Å². The molecule has 0 aliphatic carbocycles. The van der Waals surface area contributed by atoms with Crippen molar-refractivity contribution in [2.75, 3.05) is 0 Å². The van der Waals surface area contributed by atoms with Gasteiger partial charge in [0.05, 0.1) is 11.1 Å². The zero-order valence-electron chi connectivity index (χ0n) is 10.7. The highest BCUT2D eigenvalue weighted by Gasteiger charge is 2.18. The van der Waals surface area contributed by atoms with E-state index in [0.29, 0.717) is 12.0 Å². The highest BCUT2D eigenvalue weighted by molar-refractivity contribution is 6.31. The number of aliphatic hydroxyl groups excluding tert-OH is 1. The fourth-order valence-corrected chi connectivity index (χ4v) is 2.29. The van der Waals surface area contributed by atoms with E-state index in [-0.39, 0.29) is 10.9 Å². The van der Waals surface area contributed by atoms with Gasteiger partial charge in [-0.05, 0) is 17.2 Å². The molecule has 2 aromatic carbocycles. The molecule has 0 heterocycles. The summed E-state index contributed by atoms with van der Waals surface area (Å²) < 4.78 is 13.3. The standard InChI is InChI=1S/C16H16ClFO/c1-11(12-6-3-2-4-7-12)15(19)10-13-8-5-9-14(18)16(13)17/h2-9,11,15,19H,10H2,1H3. The average Bonchev–Trinajstić information content (AvgIpc) is 2.44. The minimum atomic E-state index is -0.596. The van der Waals surface area contributed by atoms with E-state index in [4.69, 9.17) is 11.6 Å². The first-order valence-electron chi connectivity index (χ1n) is 6.25. The van der Waals surface area contributed by atoms with Crippen LogP contribution in [0, 0.1) is 5.82 Å². The van der Waals surface area contributed by atoms with Crippen LogP contribution in [0.1, 0.15) is 24.0 Å². The first kappa shape index (κ1) is 14.0. The Morgan fingerprint density at radius 3 is 2.47 bits per heavy atom. The Kier molecular flexibility index (Phi) is 4.56. The molecule has 2 atom stereocenters. The molecular formula is C16H16ClFO. The highest BCUT2D eigenvalue weighted by Crippen LogP contribution is 2.26. The largest absolute Gasteiger partial charge is 0.392 e. The molecule has 0 aliphatic heterocycles. The Morgan fingerprint density at radius 2 is 1.79 bits per heavy atom. The summed E-state index contributed by atoms with van der Waals surface area (Å²) in [5.74, 6) is -0.473. The van der Waals surface area contributed by atoms with Crippen LogP contribution >= 0.6 is 11.6 Å². The number of benzene rings is 2. The summed E-state index contributed by atoms with van der Waals surface area (Å²) in [7, 11) is 0. The molecule has 2 aromatic rings. The fourth-order valence-electron chi connectivity index (χ4n) is 2.09. The van der Waals surface area contributed by atoms with Crippen molar-refractivity contribution >= 4 is 11.6 Å². The van der Waals surface area contributed by atoms with Gasteiger partial charge in [0.15, 0.2) is 0 Å². The van der Waals surface area contributed by atoms with Crippen LogP contribution in [0.5, 0.6) is 0 Å². The molecule has 0 spiro atoms. The second-order valence-corrected chi connectivity index (χ2v) is 5.06. The molecule has 0 radical (unpaired) electrons. The van der Waals surface area contributed by atoms with E-state index in [0.717, 1.165) is 5.56 Å². The van der Waals surface area contributed by atoms with Crippen LogP contribution in [0.4, 0.5) is 4.39 Å². The first-order chi connectivity index (χ1) is 9.09. The number of aliphatic hydroxyl groups is 1. The third-order valence-electron chi connectivity index (χ3n) is 3.36. The minimum absolute atomic E-state index is 0.0273. The zero-order chi connectivity index (χ0) is 13.8. The molecule has 19 heavy (non-hydrogen) atoms. The zero-order valence-corrected chi connectivity index (χ0v) is 11.4. The number of hydrogen-bond acceptors (Lipinski definition) is 1. The molecule has 0 aliphatic rings. The maximum atomic E-state index is 13.3. The van der Waals surface area contributed by atoms with Crippen molar-refractivity contribution in [1.82, 2.24) is 0 Å². The van der Waals surface area contributed by atoms with E-state index >= 15 is 0 Å². The number of hydrogen-bond donors (Lipinski definition) is 1. The van der Waals surface area contributed by atoms with Crippen molar-refractivity contribution in [3.05, 3.63) is 70.5 Å². The molecule has 0 saturated carbocycles. The van der Waals surface area contributed by atoms with Crippen LogP contribution < -0.4 is 0 Å². The van der Waals surface area contributed by atoms with Crippen LogP contribution in [0.25, 0.3) is 0 Å². The van der Waals surface area contributed by atoms with Crippen LogP contribution in [0.2, 0.25) is 5.02 Å². The molecule has 0 fully saturated rings. The van der Waals surface area contributed by atoms with E-state index in [9.17, 15) is 9.50 Å². The summed E-state index contributed by atoms with van der Waals surface area (Å²) in [6.45, 7) is 1.95. The van der Waals surface area contributed by atoms with Crippen LogP contribution in [-0.4, -0.2) is 11.2 Å². The van der Waals surface area contributed by atoms with Gasteiger partial charge in [0.2, 0.25) is 0 Å². The highest BCUT2D eigenvalue weighted by atomic mass is 35.5. The van der Waals surface area contributed by atoms with Crippen molar-refractivity contribution in [3.63, 3.8) is 0 Å². The lowest BCUT2D eigenvalue weighted by atomic mass is 9.91. The van der Waals surface area contributed by atoms with Gasteiger partial charge >= 0.3 is 0 Å². The third-order valence-corrected chi connectivity index (χ3v) is 3.79. The Balaban J connectivity index is 2.13. The van der Waals surface area contributed by atoms with Crippen LogP contribution in [-0.2, 0) is 6.42 Å². The van der Waals surface area contributed by atoms with Gasteiger partial charge in [0.25, 0.3) is 0 Å². The van der Waals surface area contributed by atoms with Crippen LogP contribution in [0.15, 0.2) is 48.5 Å². The molecule has 2 unspecified atom stereocenters. The second kappa shape index (κ2) is 6.18. The third kappa shape index (κ3) is 3.34. The molecule has 100 valence electrons. The molecule has 2 rings (SSSR count). The predicted octanol–water partition coefficient (Wildman–Crippen LogP) is 4.19. The predicted molar refractivity (Wildman–Crippen MR) is 76.0 cm³/mol. The summed E-state index contributed by atoms with van der Waals surface area (Å²) in [5, 5.41) is 10.4. The summed E-state index contributed by atoms with van der Waals surface area (Å²) in [5.41, 5.74) is 1.69. The second-order valence-electron chi connectivity index (χ2n) is 4.68. The molecule has 0 amide bonds. The Labute approximate surface area is 117 Å². The fraction of sp³-hybridized carbons (Fsp3) is 0.250. The first-order valence-corrected chi connectivity index (χ1v) is 6.63. The maximum Gasteiger partial charge on any atom is 0.142 e. The van der Waals surface area contributed by atoms with Gasteiger partial charge in [-0.15, -0.1) is 0 Å². The van der Waals surface area contributed by atoms with E-state index in [1.807, 2.05) is 37.3 Å². The molecule has 1 N–H and O–H groups in total. The smallest absolute Gasteiger partial charge is 0.142 e. The molecule has 0 aromatic heterocycles. The monoisotopic (exact) mass is 278 g/mol. The van der Waals surface area contributed by atoms with Gasteiger partial charge in [-0.1, -0.05) is 61.0 Å². The van der Waals surface area contributed by atoms with Gasteiger partial charge in [-0.3, -0.25) is 0 Å². The molecule has 0 bridgehead atoms. The molecular weight excluding hydrogens is 263 g/mol. The quantitative estimate of drug-likeness (QED) is 0.889. The number of rotatable bonds is 4. The lowest BCUT2D eigenvalue weighted by molar-refractivity contribution is 0.149. The van der Waals surface area contributed by atoms with E-state index in [1.54, 1.807) is 12.1 Å². The lowest BCUT2D eigenvalue weighted by Gasteiger charge is -2.20. The van der Waals surface area contributed by atoms with Crippen molar-refractivity contribution in [2.24, 2.45) is 0 Å². The van der Waals surface area contributed by atoms with Crippen molar-refractivity contribution in [3.8, 4) is 0 Å². The van der Waals surface area contributed by atoms with Crippen molar-refractivity contribution in [2.45, 2.75) is 25.4 Å². The lowest BCUT2D eigenvalue weighted by Crippen LogP contribution is -2.19. The van der Waals surface area contributed by atoms with Gasteiger partial charge in [-0.25, -0.2) is 4.39 Å². The van der Waals surface area contributed by atoms with E-state index < -0.39 is 11.9 Å². The number of halogens is 2. The molecule has 1 nitrogen and oxygen atoms in total. The van der Waals surface area contributed by atoms with E-state index in [1.165, 1.54) is 6.07 Å². The Morgan fingerprint density at radius 1 is 1.11 bits per heavy atom. The summed E-state index contributed by atoms with van der Waals surface area (Å²) in [6.07, 6.45) is -0.256. The van der Waals surface area contributed by atoms with Gasteiger partial charge in [0, 0.05) is 12.3 Å². The van der Waals surface area contributed by atoms with Gasteiger partial charge < -0.3 is 5.11 Å². The molecule has 0 saturated heterocycles. The summed E-state index contributed by atoms with van der Waals surface area (Å²) in [6, 6.07) is 14.4.